The molecular formula is C29H32Br4N8. The van der Waals surface area contributed by atoms with Crippen LogP contribution in [0.2, 0.25) is 0 Å². The largest absolute Gasteiger partial charge is 0.384 e. The van der Waals surface area contributed by atoms with E-state index in [2.05, 4.69) is 0 Å². The molecule has 0 spiro atoms. The van der Waals surface area contributed by atoms with Gasteiger partial charge in [0.2, 0.25) is 0 Å². The monoisotopic (exact) mass is 808 g/mol. The molecule has 12 N–H and O–H groups in total. The zero-order chi connectivity index (χ0) is 26.7. The van der Waals surface area contributed by atoms with Crippen LogP contribution >= 0.6 is 67.9 Å². The maximum absolute atomic E-state index is 7.83. The molecule has 0 aliphatic heterocycles. The molecule has 0 bridgehead atoms. The number of hydrogen-bond acceptors (Lipinski definition) is 4. The maximum Gasteiger partial charge on any atom is 0.122 e. The Balaban J connectivity index is 0.00000400. The number of halogens is 4. The lowest BCUT2D eigenvalue weighted by molar-refractivity contribution is 0.744. The summed E-state index contributed by atoms with van der Waals surface area (Å²) >= 11 is 0. The fraction of sp³-hybridized carbons (Fsp3) is 0.0345. The Kier molecular flexibility index (Phi) is 14.4. The van der Waals surface area contributed by atoms with E-state index < -0.39 is 5.41 Å². The topological polar surface area (TPSA) is 199 Å². The molecule has 12 heteroatoms. The van der Waals surface area contributed by atoms with Gasteiger partial charge in [0.15, 0.2) is 0 Å². The molecule has 0 aromatic heterocycles. The molecule has 4 rings (SSSR count). The fourth-order valence-electron chi connectivity index (χ4n) is 4.60. The van der Waals surface area contributed by atoms with Gasteiger partial charge in [-0.1, -0.05) is 97.1 Å². The van der Waals surface area contributed by atoms with Gasteiger partial charge in [-0.25, -0.2) is 0 Å². The summed E-state index contributed by atoms with van der Waals surface area (Å²) in [5.74, 6) is -0.113. The first kappa shape index (κ1) is 37.7. The van der Waals surface area contributed by atoms with Crippen LogP contribution in [0.25, 0.3) is 0 Å². The van der Waals surface area contributed by atoms with Gasteiger partial charge in [-0.15, -0.1) is 67.9 Å². The van der Waals surface area contributed by atoms with Crippen LogP contribution < -0.4 is 22.9 Å². The first-order chi connectivity index (χ1) is 17.6. The Labute approximate surface area is 281 Å². The molecule has 0 fully saturated rings. The highest BCUT2D eigenvalue weighted by molar-refractivity contribution is 8.93. The quantitative estimate of drug-likeness (QED) is 0.0659. The predicted octanol–water partition coefficient (Wildman–Crippen LogP) is 5.52. The van der Waals surface area contributed by atoms with Crippen LogP contribution in [0.1, 0.15) is 44.5 Å². The standard InChI is InChI=1S/C29H28N8.4BrH/c30-25(31)17-1-9-21(10-2-17)29(22-11-3-18(4-12-22)26(32)33,23-13-5-19(6-14-23)27(34)35)24-15-7-20(8-16-24)28(36)37;;;;/h1-16H,(H3,30,31)(H3,32,33)(H3,34,35)(H3,36,37);4*1H. The Hall–Kier alpha value is -3.32. The van der Waals surface area contributed by atoms with Crippen molar-refractivity contribution in [3.05, 3.63) is 142 Å². The molecule has 216 valence electrons. The Morgan fingerprint density at radius 2 is 0.488 bits per heavy atom. The van der Waals surface area contributed by atoms with Crippen LogP contribution in [0.15, 0.2) is 97.1 Å². The molecule has 0 amide bonds. The molecule has 0 radical (unpaired) electrons. The molecule has 0 saturated heterocycles. The summed E-state index contributed by atoms with van der Waals surface area (Å²) in [5, 5.41) is 31.3. The van der Waals surface area contributed by atoms with Crippen LogP contribution in [0.3, 0.4) is 0 Å². The summed E-state index contributed by atoms with van der Waals surface area (Å²) in [6.07, 6.45) is 0. The Bertz CT molecular complexity index is 1270. The second-order valence-corrected chi connectivity index (χ2v) is 8.71. The lowest BCUT2D eigenvalue weighted by Gasteiger charge is -2.37. The molecule has 4 aromatic rings. The van der Waals surface area contributed by atoms with Gasteiger partial charge in [0.1, 0.15) is 23.3 Å². The Morgan fingerprint density at radius 3 is 0.610 bits per heavy atom. The van der Waals surface area contributed by atoms with E-state index in [1.165, 1.54) is 0 Å². The van der Waals surface area contributed by atoms with Crippen molar-refractivity contribution in [2.45, 2.75) is 5.41 Å². The van der Waals surface area contributed by atoms with Gasteiger partial charge in [-0.3, -0.25) is 21.6 Å². The Morgan fingerprint density at radius 1 is 0.341 bits per heavy atom. The summed E-state index contributed by atoms with van der Waals surface area (Å²) in [4.78, 5) is 0. The van der Waals surface area contributed by atoms with E-state index in [9.17, 15) is 0 Å². The van der Waals surface area contributed by atoms with E-state index >= 15 is 0 Å². The minimum atomic E-state index is -0.852. The normalized spacial score (nSPS) is 11.1. The van der Waals surface area contributed by atoms with Gasteiger partial charge in [-0.2, -0.15) is 0 Å². The van der Waals surface area contributed by atoms with Gasteiger partial charge in [-0.05, 0) is 22.3 Å². The van der Waals surface area contributed by atoms with Crippen molar-refractivity contribution in [3.63, 3.8) is 0 Å². The third kappa shape index (κ3) is 7.50. The number of hydrogen-bond donors (Lipinski definition) is 8. The lowest BCUT2D eigenvalue weighted by atomic mass is 9.64. The van der Waals surface area contributed by atoms with E-state index in [0.717, 1.165) is 22.3 Å². The van der Waals surface area contributed by atoms with E-state index in [1.807, 2.05) is 97.1 Å². The van der Waals surface area contributed by atoms with Crippen LogP contribution in [-0.4, -0.2) is 23.3 Å². The number of rotatable bonds is 8. The van der Waals surface area contributed by atoms with Crippen molar-refractivity contribution in [1.29, 1.82) is 21.6 Å². The molecular weight excluding hydrogens is 780 g/mol. The van der Waals surface area contributed by atoms with E-state index in [0.29, 0.717) is 22.3 Å². The maximum atomic E-state index is 7.83. The number of nitrogens with one attached hydrogen (secondary N) is 4. The molecule has 0 heterocycles. The van der Waals surface area contributed by atoms with Crippen molar-refractivity contribution in [1.82, 2.24) is 0 Å². The van der Waals surface area contributed by atoms with Gasteiger partial charge in [0.05, 0.1) is 5.41 Å². The van der Waals surface area contributed by atoms with Crippen LogP contribution in [0, 0.1) is 21.6 Å². The minimum Gasteiger partial charge on any atom is -0.384 e. The molecule has 4 aromatic carbocycles. The van der Waals surface area contributed by atoms with Crippen LogP contribution in [0.5, 0.6) is 0 Å². The second kappa shape index (κ2) is 15.6. The highest BCUT2D eigenvalue weighted by atomic mass is 79.9. The molecule has 8 nitrogen and oxygen atoms in total. The summed E-state index contributed by atoms with van der Waals surface area (Å²) in [7, 11) is 0. The first-order valence-corrected chi connectivity index (χ1v) is 11.4. The first-order valence-electron chi connectivity index (χ1n) is 11.4. The van der Waals surface area contributed by atoms with Crippen molar-refractivity contribution >= 4 is 91.3 Å². The molecule has 0 aliphatic rings. The predicted molar refractivity (Wildman–Crippen MR) is 190 cm³/mol. The molecule has 0 saturated carbocycles. The lowest BCUT2D eigenvalue weighted by Crippen LogP contribution is -2.31. The molecule has 0 atom stereocenters. The molecule has 41 heavy (non-hydrogen) atoms. The number of benzene rings is 4. The van der Waals surface area contributed by atoms with Crippen molar-refractivity contribution in [2.75, 3.05) is 0 Å². The van der Waals surface area contributed by atoms with E-state index in [4.69, 9.17) is 44.6 Å². The smallest absolute Gasteiger partial charge is 0.122 e. The average Bonchev–Trinajstić information content (AvgIpc) is 2.90. The van der Waals surface area contributed by atoms with Gasteiger partial charge >= 0.3 is 0 Å². The van der Waals surface area contributed by atoms with Crippen LogP contribution in [0.4, 0.5) is 0 Å². The SMILES string of the molecule is Br.Br.Br.Br.N=C(N)c1ccc(C(c2ccc(C(=N)N)cc2)(c2ccc(C(=N)N)cc2)c2ccc(C(=N)N)cc2)cc1. The highest BCUT2D eigenvalue weighted by Gasteiger charge is 2.38. The van der Waals surface area contributed by atoms with Crippen molar-refractivity contribution < 1.29 is 0 Å². The number of nitrogens with two attached hydrogens (primary N) is 4. The highest BCUT2D eigenvalue weighted by Crippen LogP contribution is 2.45. The third-order valence-electron chi connectivity index (χ3n) is 6.52. The van der Waals surface area contributed by atoms with Crippen molar-refractivity contribution in [3.8, 4) is 0 Å². The minimum absolute atomic E-state index is 0. The third-order valence-corrected chi connectivity index (χ3v) is 6.52. The summed E-state index contributed by atoms with van der Waals surface area (Å²) in [5.41, 5.74) is 28.1. The van der Waals surface area contributed by atoms with Crippen molar-refractivity contribution in [2.24, 2.45) is 22.9 Å². The number of nitrogen functional groups attached to an aromatic ring is 4. The van der Waals surface area contributed by atoms with E-state index in [-0.39, 0.29) is 91.3 Å². The second-order valence-electron chi connectivity index (χ2n) is 8.71. The number of amidine groups is 4. The molecule has 0 unspecified atom stereocenters. The molecule has 0 aliphatic carbocycles. The zero-order valence-electron chi connectivity index (χ0n) is 21.7. The average molecular weight is 812 g/mol. The fourth-order valence-corrected chi connectivity index (χ4v) is 4.60. The zero-order valence-corrected chi connectivity index (χ0v) is 28.5. The van der Waals surface area contributed by atoms with Crippen LogP contribution in [-0.2, 0) is 5.41 Å². The van der Waals surface area contributed by atoms with Gasteiger partial charge in [0, 0.05) is 22.3 Å². The summed E-state index contributed by atoms with van der Waals surface area (Å²) < 4.78 is 0. The summed E-state index contributed by atoms with van der Waals surface area (Å²) in [6, 6.07) is 30.0. The van der Waals surface area contributed by atoms with Gasteiger partial charge < -0.3 is 22.9 Å². The summed E-state index contributed by atoms with van der Waals surface area (Å²) in [6.45, 7) is 0. The van der Waals surface area contributed by atoms with E-state index in [1.54, 1.807) is 0 Å². The van der Waals surface area contributed by atoms with Gasteiger partial charge in [0.25, 0.3) is 0 Å².